The quantitative estimate of drug-likeness (QED) is 0.569. The fourth-order valence-corrected chi connectivity index (χ4v) is 4.89. The number of benzene rings is 1. The van der Waals surface area contributed by atoms with Crippen LogP contribution in [0.25, 0.3) is 0 Å². The van der Waals surface area contributed by atoms with E-state index in [2.05, 4.69) is 4.90 Å². The molecule has 2 saturated heterocycles. The monoisotopic (exact) mass is 445 g/mol. The van der Waals surface area contributed by atoms with E-state index >= 15 is 0 Å². The number of amides is 2. The zero-order valence-electron chi connectivity index (χ0n) is 19.8. The van der Waals surface area contributed by atoms with Crippen molar-refractivity contribution < 1.29 is 23.9 Å². The maximum atomic E-state index is 13.2. The van der Waals surface area contributed by atoms with Gasteiger partial charge >= 0.3 is 5.97 Å². The molecule has 0 bridgehead atoms. The molecule has 2 atom stereocenters. The minimum Gasteiger partial charge on any atom is -0.497 e. The molecule has 8 heteroatoms. The van der Waals surface area contributed by atoms with Crippen molar-refractivity contribution >= 4 is 23.5 Å². The summed E-state index contributed by atoms with van der Waals surface area (Å²) in [6, 6.07) is 7.82. The van der Waals surface area contributed by atoms with Crippen molar-refractivity contribution in [3.63, 3.8) is 0 Å². The Bertz CT molecular complexity index is 839. The summed E-state index contributed by atoms with van der Waals surface area (Å²) in [6.45, 7) is 9.84. The largest absolute Gasteiger partial charge is 0.497 e. The number of carbonyl (C=O) groups excluding carboxylic acids is 3. The van der Waals surface area contributed by atoms with Crippen LogP contribution in [0, 0.1) is 11.8 Å². The fraction of sp³-hybridized carbons (Fsp3) is 0.625. The van der Waals surface area contributed by atoms with Crippen molar-refractivity contribution in [3.8, 4) is 5.75 Å². The van der Waals surface area contributed by atoms with Gasteiger partial charge in [0.1, 0.15) is 5.75 Å². The van der Waals surface area contributed by atoms with E-state index in [-0.39, 0.29) is 43.2 Å². The molecule has 1 aromatic rings. The molecule has 8 nitrogen and oxygen atoms in total. The number of nitrogens with zero attached hydrogens (tertiary/aromatic N) is 3. The molecule has 2 heterocycles. The number of hydrogen-bond acceptors (Lipinski definition) is 7. The van der Waals surface area contributed by atoms with E-state index < -0.39 is 11.5 Å². The molecule has 0 N–H and O–H groups in total. The fourth-order valence-electron chi connectivity index (χ4n) is 4.89. The van der Waals surface area contributed by atoms with Crippen LogP contribution in [0.2, 0.25) is 0 Å². The Balaban J connectivity index is 1.75. The molecule has 0 aliphatic carbocycles. The van der Waals surface area contributed by atoms with E-state index in [1.807, 2.05) is 45.0 Å². The lowest BCUT2D eigenvalue weighted by Crippen LogP contribution is -2.50. The Morgan fingerprint density at radius 2 is 1.88 bits per heavy atom. The maximum Gasteiger partial charge on any atom is 0.309 e. The summed E-state index contributed by atoms with van der Waals surface area (Å²) in [6.07, 6.45) is 1.03. The second-order valence-electron chi connectivity index (χ2n) is 9.06. The minimum absolute atomic E-state index is 0.0270. The molecule has 2 fully saturated rings. The molecule has 2 aliphatic heterocycles. The molecule has 176 valence electrons. The lowest BCUT2D eigenvalue weighted by atomic mass is 9.88. The second-order valence-corrected chi connectivity index (χ2v) is 9.06. The number of esters is 1. The molecule has 0 spiro atoms. The lowest BCUT2D eigenvalue weighted by Gasteiger charge is -2.35. The molecule has 0 aromatic heterocycles. The first-order valence-electron chi connectivity index (χ1n) is 11.4. The predicted molar refractivity (Wildman–Crippen MR) is 121 cm³/mol. The number of anilines is 1. The second kappa shape index (κ2) is 9.90. The molecule has 0 saturated carbocycles. The van der Waals surface area contributed by atoms with E-state index in [1.165, 1.54) is 5.01 Å². The first kappa shape index (κ1) is 24.0. The van der Waals surface area contributed by atoms with Crippen molar-refractivity contribution in [3.05, 3.63) is 24.3 Å². The highest BCUT2D eigenvalue weighted by atomic mass is 16.5. The average Bonchev–Trinajstić information content (AvgIpc) is 3.33. The summed E-state index contributed by atoms with van der Waals surface area (Å²) < 4.78 is 10.6. The summed E-state index contributed by atoms with van der Waals surface area (Å²) in [4.78, 5) is 40.9. The Morgan fingerprint density at radius 3 is 2.47 bits per heavy atom. The van der Waals surface area contributed by atoms with Gasteiger partial charge in [0.25, 0.3) is 0 Å². The predicted octanol–water partition coefficient (Wildman–Crippen LogP) is 2.87. The number of ether oxygens (including phenoxy) is 2. The molecule has 2 amide bonds. The number of imide groups is 1. The third kappa shape index (κ3) is 4.90. The third-order valence-corrected chi connectivity index (χ3v) is 6.51. The number of rotatable bonds is 8. The summed E-state index contributed by atoms with van der Waals surface area (Å²) in [5.41, 5.74) is 0.635. The van der Waals surface area contributed by atoms with E-state index in [0.717, 1.165) is 24.4 Å². The van der Waals surface area contributed by atoms with Gasteiger partial charge in [-0.05, 0) is 57.4 Å². The van der Waals surface area contributed by atoms with Gasteiger partial charge in [0.2, 0.25) is 11.8 Å². The highest BCUT2D eigenvalue weighted by molar-refractivity contribution is 5.98. The molecule has 0 unspecified atom stereocenters. The molecular weight excluding hydrogens is 410 g/mol. The first-order chi connectivity index (χ1) is 15.2. The van der Waals surface area contributed by atoms with Gasteiger partial charge in [-0.3, -0.25) is 14.4 Å². The Hall–Kier alpha value is -2.61. The summed E-state index contributed by atoms with van der Waals surface area (Å²) in [5.74, 6) is -0.726. The maximum absolute atomic E-state index is 13.2. The summed E-state index contributed by atoms with van der Waals surface area (Å²) in [5, 5.41) is 3.06. The van der Waals surface area contributed by atoms with Crippen molar-refractivity contribution in [1.82, 2.24) is 10.0 Å². The highest BCUT2D eigenvalue weighted by Gasteiger charge is 2.47. The Kier molecular flexibility index (Phi) is 7.44. The first-order valence-corrected chi connectivity index (χ1v) is 11.4. The smallest absolute Gasteiger partial charge is 0.309 e. The van der Waals surface area contributed by atoms with Crippen LogP contribution in [0.4, 0.5) is 5.69 Å². The Labute approximate surface area is 190 Å². The zero-order valence-corrected chi connectivity index (χ0v) is 19.8. The standard InChI is InChI=1S/C24H35N3O5/c1-6-26-24(3,4)15-22(29)27(26)21(28)14-20(23(30)32-7-2)17-12-13-25(16-17)18-8-10-19(31-5)11-9-18/h8-11,17,20H,6-7,12-16H2,1-5H3/t17-,20-/m0/s1. The van der Waals surface area contributed by atoms with Crippen LogP contribution in [0.5, 0.6) is 5.75 Å². The normalized spacial score (nSPS) is 21.7. The van der Waals surface area contributed by atoms with Crippen molar-refractivity contribution in [2.45, 2.75) is 52.5 Å². The van der Waals surface area contributed by atoms with E-state index in [4.69, 9.17) is 9.47 Å². The highest BCUT2D eigenvalue weighted by Crippen LogP contribution is 2.35. The van der Waals surface area contributed by atoms with Crippen molar-refractivity contribution in [2.24, 2.45) is 11.8 Å². The average molecular weight is 446 g/mol. The third-order valence-electron chi connectivity index (χ3n) is 6.51. The van der Waals surface area contributed by atoms with Crippen molar-refractivity contribution in [1.29, 1.82) is 0 Å². The van der Waals surface area contributed by atoms with E-state index in [9.17, 15) is 14.4 Å². The van der Waals surface area contributed by atoms with Gasteiger partial charge in [-0.2, -0.15) is 0 Å². The number of carbonyl (C=O) groups is 3. The van der Waals surface area contributed by atoms with Crippen LogP contribution in [-0.4, -0.2) is 66.7 Å². The molecule has 0 radical (unpaired) electrons. The molecule has 3 rings (SSSR count). The van der Waals surface area contributed by atoms with Gasteiger partial charge in [0, 0.05) is 43.7 Å². The Morgan fingerprint density at radius 1 is 1.19 bits per heavy atom. The molecule has 2 aliphatic rings. The number of hydrazine groups is 1. The van der Waals surface area contributed by atoms with Gasteiger partial charge in [0.05, 0.1) is 19.6 Å². The van der Waals surface area contributed by atoms with Crippen LogP contribution < -0.4 is 9.64 Å². The zero-order chi connectivity index (χ0) is 23.5. The summed E-state index contributed by atoms with van der Waals surface area (Å²) >= 11 is 0. The van der Waals surface area contributed by atoms with E-state index in [0.29, 0.717) is 13.1 Å². The van der Waals surface area contributed by atoms with E-state index in [1.54, 1.807) is 19.0 Å². The van der Waals surface area contributed by atoms with Gasteiger partial charge < -0.3 is 14.4 Å². The van der Waals surface area contributed by atoms with Gasteiger partial charge in [-0.15, -0.1) is 0 Å². The number of methoxy groups -OCH3 is 1. The topological polar surface area (TPSA) is 79.4 Å². The van der Waals surface area contributed by atoms with Crippen LogP contribution in [-0.2, 0) is 19.1 Å². The molecular formula is C24H35N3O5. The van der Waals surface area contributed by atoms with Crippen molar-refractivity contribution in [2.75, 3.05) is 38.3 Å². The molecule has 1 aromatic carbocycles. The van der Waals surface area contributed by atoms with Gasteiger partial charge in [-0.25, -0.2) is 10.0 Å². The van der Waals surface area contributed by atoms with Gasteiger partial charge in [0.15, 0.2) is 0 Å². The minimum atomic E-state index is -0.582. The van der Waals surface area contributed by atoms with Gasteiger partial charge in [-0.1, -0.05) is 6.92 Å². The lowest BCUT2D eigenvalue weighted by molar-refractivity contribution is -0.164. The van der Waals surface area contributed by atoms with Crippen LogP contribution in [0.3, 0.4) is 0 Å². The number of hydrogen-bond donors (Lipinski definition) is 0. The van der Waals surface area contributed by atoms with Crippen LogP contribution >= 0.6 is 0 Å². The summed E-state index contributed by atoms with van der Waals surface area (Å²) in [7, 11) is 1.63. The van der Waals surface area contributed by atoms with Crippen LogP contribution in [0.1, 0.15) is 47.0 Å². The van der Waals surface area contributed by atoms with Crippen LogP contribution in [0.15, 0.2) is 24.3 Å². The molecule has 32 heavy (non-hydrogen) atoms. The SMILES string of the molecule is CCOC(=O)[C@@H](CC(=O)N1C(=O)CC(C)(C)N1CC)[C@H]1CCN(c2ccc(OC)cc2)C1.